The first kappa shape index (κ1) is 12.6. The second kappa shape index (κ2) is 4.93. The molecule has 0 atom stereocenters. The van der Waals surface area contributed by atoms with Crippen molar-refractivity contribution in [1.29, 1.82) is 0 Å². The summed E-state index contributed by atoms with van der Waals surface area (Å²) in [4.78, 5) is 4.32. The van der Waals surface area contributed by atoms with Gasteiger partial charge in [-0.25, -0.2) is 4.39 Å². The SMILES string of the molecule is Fc1ccccc1C1(c2noc(CCl)n2)CCCC1. The summed E-state index contributed by atoms with van der Waals surface area (Å²) >= 11 is 5.70. The van der Waals surface area contributed by atoms with E-state index in [4.69, 9.17) is 16.1 Å². The zero-order chi connectivity index (χ0) is 13.3. The van der Waals surface area contributed by atoms with Crippen LogP contribution in [-0.2, 0) is 11.3 Å². The number of hydrogen-bond acceptors (Lipinski definition) is 3. The maximum Gasteiger partial charge on any atom is 0.241 e. The zero-order valence-electron chi connectivity index (χ0n) is 10.4. The van der Waals surface area contributed by atoms with Gasteiger partial charge in [-0.2, -0.15) is 4.98 Å². The number of aromatic nitrogens is 2. The smallest absolute Gasteiger partial charge is 0.241 e. The lowest BCUT2D eigenvalue weighted by Crippen LogP contribution is -2.26. The second-order valence-corrected chi connectivity index (χ2v) is 5.18. The molecule has 0 amide bonds. The van der Waals surface area contributed by atoms with Crippen LogP contribution in [0, 0.1) is 5.82 Å². The molecule has 1 aliphatic carbocycles. The molecule has 2 aromatic rings. The van der Waals surface area contributed by atoms with Gasteiger partial charge in [0.2, 0.25) is 5.89 Å². The molecule has 0 radical (unpaired) electrons. The highest BCUT2D eigenvalue weighted by atomic mass is 35.5. The van der Waals surface area contributed by atoms with Gasteiger partial charge in [0, 0.05) is 5.56 Å². The van der Waals surface area contributed by atoms with Gasteiger partial charge in [-0.3, -0.25) is 0 Å². The summed E-state index contributed by atoms with van der Waals surface area (Å²) in [5, 5.41) is 4.02. The zero-order valence-corrected chi connectivity index (χ0v) is 11.2. The average Bonchev–Trinajstić information content (AvgIpc) is 3.09. The summed E-state index contributed by atoms with van der Waals surface area (Å²) in [6.45, 7) is 0. The fourth-order valence-corrected chi connectivity index (χ4v) is 3.05. The Morgan fingerprint density at radius 1 is 1.26 bits per heavy atom. The van der Waals surface area contributed by atoms with Gasteiger partial charge in [0.25, 0.3) is 0 Å². The highest BCUT2D eigenvalue weighted by molar-refractivity contribution is 6.16. The van der Waals surface area contributed by atoms with Gasteiger partial charge in [-0.1, -0.05) is 36.2 Å². The molecule has 1 aromatic carbocycles. The van der Waals surface area contributed by atoms with E-state index in [1.54, 1.807) is 6.07 Å². The van der Waals surface area contributed by atoms with Crippen molar-refractivity contribution in [2.24, 2.45) is 0 Å². The molecule has 100 valence electrons. The molecule has 0 N–H and O–H groups in total. The van der Waals surface area contributed by atoms with Crippen LogP contribution in [-0.4, -0.2) is 10.1 Å². The Labute approximate surface area is 115 Å². The van der Waals surface area contributed by atoms with Crippen molar-refractivity contribution in [2.45, 2.75) is 37.0 Å². The maximum atomic E-state index is 14.1. The number of nitrogens with zero attached hydrogens (tertiary/aromatic N) is 2. The third-order valence-corrected chi connectivity index (χ3v) is 4.09. The largest absolute Gasteiger partial charge is 0.338 e. The third-order valence-electron chi connectivity index (χ3n) is 3.86. The van der Waals surface area contributed by atoms with Gasteiger partial charge in [0.1, 0.15) is 11.7 Å². The van der Waals surface area contributed by atoms with Crippen LogP contribution in [0.25, 0.3) is 0 Å². The molecule has 1 heterocycles. The van der Waals surface area contributed by atoms with E-state index in [0.29, 0.717) is 17.3 Å². The van der Waals surface area contributed by atoms with Crippen LogP contribution in [0.3, 0.4) is 0 Å². The molecular weight excluding hydrogens is 267 g/mol. The topological polar surface area (TPSA) is 38.9 Å². The van der Waals surface area contributed by atoms with Crippen LogP contribution < -0.4 is 0 Å². The Balaban J connectivity index is 2.12. The first-order chi connectivity index (χ1) is 9.26. The van der Waals surface area contributed by atoms with E-state index < -0.39 is 5.41 Å². The quantitative estimate of drug-likeness (QED) is 0.803. The van der Waals surface area contributed by atoms with Crippen LogP contribution >= 0.6 is 11.6 Å². The third kappa shape index (κ3) is 2.04. The predicted octanol–water partition coefficient (Wildman–Crippen LogP) is 3.81. The minimum Gasteiger partial charge on any atom is -0.338 e. The van der Waals surface area contributed by atoms with Crippen LogP contribution in [0.1, 0.15) is 43.0 Å². The van der Waals surface area contributed by atoms with Crippen molar-refractivity contribution in [3.8, 4) is 0 Å². The van der Waals surface area contributed by atoms with Crippen molar-refractivity contribution in [1.82, 2.24) is 10.1 Å². The molecule has 0 unspecified atom stereocenters. The van der Waals surface area contributed by atoms with E-state index >= 15 is 0 Å². The van der Waals surface area contributed by atoms with E-state index in [2.05, 4.69) is 10.1 Å². The molecule has 0 spiro atoms. The molecule has 1 aromatic heterocycles. The van der Waals surface area contributed by atoms with Crippen molar-refractivity contribution < 1.29 is 8.91 Å². The molecule has 1 fully saturated rings. The molecule has 5 heteroatoms. The first-order valence-electron chi connectivity index (χ1n) is 6.40. The number of alkyl halides is 1. The highest BCUT2D eigenvalue weighted by Gasteiger charge is 2.43. The van der Waals surface area contributed by atoms with Crippen LogP contribution in [0.4, 0.5) is 4.39 Å². The highest BCUT2D eigenvalue weighted by Crippen LogP contribution is 2.45. The summed E-state index contributed by atoms with van der Waals surface area (Å²) in [6.07, 6.45) is 3.77. The minimum absolute atomic E-state index is 0.181. The summed E-state index contributed by atoms with van der Waals surface area (Å²) in [6, 6.07) is 6.85. The van der Waals surface area contributed by atoms with Gasteiger partial charge in [-0.15, -0.1) is 11.6 Å². The van der Waals surface area contributed by atoms with Crippen molar-refractivity contribution in [3.63, 3.8) is 0 Å². The molecule has 1 saturated carbocycles. The fraction of sp³-hybridized carbons (Fsp3) is 0.429. The number of rotatable bonds is 3. The average molecular weight is 281 g/mol. The second-order valence-electron chi connectivity index (χ2n) is 4.91. The number of hydrogen-bond donors (Lipinski definition) is 0. The summed E-state index contributed by atoms with van der Waals surface area (Å²) in [5.74, 6) is 0.923. The molecule has 0 saturated heterocycles. The molecule has 1 aliphatic rings. The fourth-order valence-electron chi connectivity index (χ4n) is 2.94. The monoisotopic (exact) mass is 280 g/mol. The lowest BCUT2D eigenvalue weighted by Gasteiger charge is -2.26. The van der Waals surface area contributed by atoms with Crippen LogP contribution in [0.15, 0.2) is 28.8 Å². The first-order valence-corrected chi connectivity index (χ1v) is 6.94. The van der Waals surface area contributed by atoms with E-state index in [1.807, 2.05) is 12.1 Å². The predicted molar refractivity (Wildman–Crippen MR) is 69.5 cm³/mol. The lowest BCUT2D eigenvalue weighted by atomic mass is 9.78. The Hall–Kier alpha value is -1.42. The van der Waals surface area contributed by atoms with E-state index in [9.17, 15) is 4.39 Å². The Kier molecular flexibility index (Phi) is 3.27. The maximum absolute atomic E-state index is 14.1. The van der Waals surface area contributed by atoms with Crippen LogP contribution in [0.2, 0.25) is 0 Å². The van der Waals surface area contributed by atoms with Crippen molar-refractivity contribution >= 4 is 11.6 Å². The van der Waals surface area contributed by atoms with Gasteiger partial charge in [-0.05, 0) is 18.9 Å². The van der Waals surface area contributed by atoms with Crippen molar-refractivity contribution in [3.05, 3.63) is 47.4 Å². The summed E-state index contributed by atoms with van der Waals surface area (Å²) in [5.41, 5.74) is 0.202. The normalized spacial score (nSPS) is 17.8. The molecule has 0 bridgehead atoms. The summed E-state index contributed by atoms with van der Waals surface area (Å²) in [7, 11) is 0. The number of benzene rings is 1. The molecule has 19 heavy (non-hydrogen) atoms. The van der Waals surface area contributed by atoms with E-state index in [1.165, 1.54) is 6.07 Å². The van der Waals surface area contributed by atoms with Crippen molar-refractivity contribution in [2.75, 3.05) is 0 Å². The van der Waals surface area contributed by atoms with Gasteiger partial charge in [0.15, 0.2) is 5.82 Å². The summed E-state index contributed by atoms with van der Waals surface area (Å²) < 4.78 is 19.2. The molecule has 3 nitrogen and oxygen atoms in total. The standard InChI is InChI=1S/C14H14ClFN2O/c15-9-12-17-13(18-19-12)14(7-3-4-8-14)10-5-1-2-6-11(10)16/h1-2,5-6H,3-4,7-9H2. The number of halogens is 2. The minimum atomic E-state index is -0.459. The van der Waals surface area contributed by atoms with Crippen LogP contribution in [0.5, 0.6) is 0 Å². The lowest BCUT2D eigenvalue weighted by molar-refractivity contribution is 0.365. The van der Waals surface area contributed by atoms with Gasteiger partial charge < -0.3 is 4.52 Å². The van der Waals surface area contributed by atoms with Gasteiger partial charge in [0.05, 0.1) is 5.41 Å². The Morgan fingerprint density at radius 3 is 2.63 bits per heavy atom. The Morgan fingerprint density at radius 2 is 2.00 bits per heavy atom. The molecular formula is C14H14ClFN2O. The van der Waals surface area contributed by atoms with E-state index in [-0.39, 0.29) is 11.7 Å². The van der Waals surface area contributed by atoms with Gasteiger partial charge >= 0.3 is 0 Å². The molecule has 3 rings (SSSR count). The molecule has 0 aliphatic heterocycles. The Bertz CT molecular complexity index is 578. The van der Waals surface area contributed by atoms with E-state index in [0.717, 1.165) is 25.7 Å².